The Kier molecular flexibility index (Phi) is 4.14. The zero-order chi connectivity index (χ0) is 13.0. The van der Waals surface area contributed by atoms with E-state index in [1.807, 2.05) is 30.5 Å². The van der Waals surface area contributed by atoms with Gasteiger partial charge in [0.2, 0.25) is 0 Å². The molecule has 0 radical (unpaired) electrons. The van der Waals surface area contributed by atoms with E-state index in [0.29, 0.717) is 10.6 Å². The standard InChI is InChI=1S/C14H11ClN2S/c1-18-13-4-2-3-11(7-13)17-12-6-5-10(9-16)14(15)8-12/h2-8,17H,1H3. The molecule has 2 rings (SSSR count). The van der Waals surface area contributed by atoms with Gasteiger partial charge in [-0.2, -0.15) is 5.26 Å². The summed E-state index contributed by atoms with van der Waals surface area (Å²) in [6.07, 6.45) is 2.04. The third-order valence-corrected chi connectivity index (χ3v) is 3.49. The Morgan fingerprint density at radius 3 is 2.61 bits per heavy atom. The largest absolute Gasteiger partial charge is 0.355 e. The number of benzene rings is 2. The summed E-state index contributed by atoms with van der Waals surface area (Å²) in [7, 11) is 0. The lowest BCUT2D eigenvalue weighted by molar-refractivity contribution is 1.43. The Bertz CT molecular complexity index is 605. The molecule has 0 aromatic heterocycles. The van der Waals surface area contributed by atoms with Crippen LogP contribution in [-0.2, 0) is 0 Å². The van der Waals surface area contributed by atoms with Crippen LogP contribution in [0, 0.1) is 11.3 Å². The number of nitrogens with one attached hydrogen (secondary N) is 1. The number of anilines is 2. The number of thioether (sulfide) groups is 1. The fourth-order valence-corrected chi connectivity index (χ4v) is 2.23. The van der Waals surface area contributed by atoms with Gasteiger partial charge in [0.25, 0.3) is 0 Å². The number of hydrogen-bond donors (Lipinski definition) is 1. The van der Waals surface area contributed by atoms with Crippen LogP contribution in [0.15, 0.2) is 47.4 Å². The van der Waals surface area contributed by atoms with E-state index in [4.69, 9.17) is 16.9 Å². The lowest BCUT2D eigenvalue weighted by Gasteiger charge is -2.08. The van der Waals surface area contributed by atoms with Crippen LogP contribution in [0.2, 0.25) is 5.02 Å². The number of nitriles is 1. The van der Waals surface area contributed by atoms with Gasteiger partial charge in [0.15, 0.2) is 0 Å². The van der Waals surface area contributed by atoms with Crippen molar-refractivity contribution >= 4 is 34.7 Å². The van der Waals surface area contributed by atoms with Crippen LogP contribution in [0.1, 0.15) is 5.56 Å². The van der Waals surface area contributed by atoms with E-state index in [2.05, 4.69) is 17.4 Å². The van der Waals surface area contributed by atoms with Crippen molar-refractivity contribution in [3.63, 3.8) is 0 Å². The molecule has 1 N–H and O–H groups in total. The van der Waals surface area contributed by atoms with Gasteiger partial charge in [-0.25, -0.2) is 0 Å². The summed E-state index contributed by atoms with van der Waals surface area (Å²) in [6.45, 7) is 0. The van der Waals surface area contributed by atoms with Crippen molar-refractivity contribution in [1.82, 2.24) is 0 Å². The molecule has 0 amide bonds. The fraction of sp³-hybridized carbons (Fsp3) is 0.0714. The molecule has 0 atom stereocenters. The predicted octanol–water partition coefficient (Wildman–Crippen LogP) is 4.68. The quantitative estimate of drug-likeness (QED) is 0.826. The predicted molar refractivity (Wildman–Crippen MR) is 77.7 cm³/mol. The van der Waals surface area contributed by atoms with Crippen LogP contribution >= 0.6 is 23.4 Å². The van der Waals surface area contributed by atoms with Crippen LogP contribution in [-0.4, -0.2) is 6.26 Å². The molecule has 2 aromatic rings. The monoisotopic (exact) mass is 274 g/mol. The molecule has 0 aliphatic carbocycles. The maximum atomic E-state index is 8.81. The minimum atomic E-state index is 0.462. The van der Waals surface area contributed by atoms with Gasteiger partial charge in [0.1, 0.15) is 6.07 Å². The first-order valence-electron chi connectivity index (χ1n) is 5.33. The Balaban J connectivity index is 2.23. The molecule has 2 aromatic carbocycles. The highest BCUT2D eigenvalue weighted by Gasteiger charge is 2.01. The first kappa shape index (κ1) is 12.8. The molecule has 0 spiro atoms. The van der Waals surface area contributed by atoms with Crippen molar-refractivity contribution in [2.75, 3.05) is 11.6 Å². The normalized spacial score (nSPS) is 9.83. The van der Waals surface area contributed by atoms with Crippen LogP contribution in [0.4, 0.5) is 11.4 Å². The number of hydrogen-bond acceptors (Lipinski definition) is 3. The molecule has 0 saturated heterocycles. The van der Waals surface area contributed by atoms with Crippen molar-refractivity contribution in [1.29, 1.82) is 5.26 Å². The molecule has 0 unspecified atom stereocenters. The highest BCUT2D eigenvalue weighted by atomic mass is 35.5. The minimum Gasteiger partial charge on any atom is -0.355 e. The smallest absolute Gasteiger partial charge is 0.101 e. The zero-order valence-corrected chi connectivity index (χ0v) is 11.3. The van der Waals surface area contributed by atoms with Gasteiger partial charge in [-0.3, -0.25) is 0 Å². The lowest BCUT2D eigenvalue weighted by atomic mass is 10.2. The van der Waals surface area contributed by atoms with Crippen molar-refractivity contribution in [3.8, 4) is 6.07 Å². The minimum absolute atomic E-state index is 0.462. The maximum Gasteiger partial charge on any atom is 0.101 e. The molecule has 0 fully saturated rings. The number of rotatable bonds is 3. The van der Waals surface area contributed by atoms with E-state index in [1.54, 1.807) is 23.9 Å². The summed E-state index contributed by atoms with van der Waals surface area (Å²) in [5, 5.41) is 12.5. The Morgan fingerprint density at radius 1 is 1.17 bits per heavy atom. The van der Waals surface area contributed by atoms with Gasteiger partial charge in [0.05, 0.1) is 10.6 Å². The second-order valence-electron chi connectivity index (χ2n) is 3.66. The van der Waals surface area contributed by atoms with Crippen molar-refractivity contribution < 1.29 is 0 Å². The van der Waals surface area contributed by atoms with Gasteiger partial charge in [0, 0.05) is 16.3 Å². The molecule has 0 aliphatic heterocycles. The first-order valence-corrected chi connectivity index (χ1v) is 6.94. The summed E-state index contributed by atoms with van der Waals surface area (Å²) in [5.74, 6) is 0. The summed E-state index contributed by atoms with van der Waals surface area (Å²) in [4.78, 5) is 1.19. The van der Waals surface area contributed by atoms with Crippen LogP contribution < -0.4 is 5.32 Å². The van der Waals surface area contributed by atoms with Crippen LogP contribution in [0.5, 0.6) is 0 Å². The van der Waals surface area contributed by atoms with E-state index in [0.717, 1.165) is 11.4 Å². The van der Waals surface area contributed by atoms with Crippen molar-refractivity contribution in [2.24, 2.45) is 0 Å². The molecule has 4 heteroatoms. The maximum absolute atomic E-state index is 8.81. The van der Waals surface area contributed by atoms with Gasteiger partial charge < -0.3 is 5.32 Å². The lowest BCUT2D eigenvalue weighted by Crippen LogP contribution is -1.91. The average molecular weight is 275 g/mol. The Hall–Kier alpha value is -1.63. The Morgan fingerprint density at radius 2 is 1.94 bits per heavy atom. The van der Waals surface area contributed by atoms with Gasteiger partial charge in [-0.15, -0.1) is 11.8 Å². The third kappa shape index (κ3) is 2.98. The van der Waals surface area contributed by atoms with Crippen molar-refractivity contribution in [2.45, 2.75) is 4.90 Å². The SMILES string of the molecule is CSc1cccc(Nc2ccc(C#N)c(Cl)c2)c1. The zero-order valence-electron chi connectivity index (χ0n) is 9.77. The van der Waals surface area contributed by atoms with Crippen LogP contribution in [0.25, 0.3) is 0 Å². The van der Waals surface area contributed by atoms with Gasteiger partial charge in [-0.05, 0) is 42.7 Å². The Labute approximate surface area is 116 Å². The third-order valence-electron chi connectivity index (χ3n) is 2.45. The molecule has 0 heterocycles. The summed E-state index contributed by atoms with van der Waals surface area (Å²) < 4.78 is 0. The first-order chi connectivity index (χ1) is 8.72. The fourth-order valence-electron chi connectivity index (χ4n) is 1.55. The highest BCUT2D eigenvalue weighted by Crippen LogP contribution is 2.25. The molecule has 90 valence electrons. The van der Waals surface area contributed by atoms with E-state index in [1.165, 1.54) is 4.90 Å². The molecule has 18 heavy (non-hydrogen) atoms. The van der Waals surface area contributed by atoms with Gasteiger partial charge in [-0.1, -0.05) is 17.7 Å². The molecule has 0 saturated carbocycles. The van der Waals surface area contributed by atoms with Crippen molar-refractivity contribution in [3.05, 3.63) is 53.1 Å². The summed E-state index contributed by atoms with van der Waals surface area (Å²) in [5.41, 5.74) is 2.36. The molecular weight excluding hydrogens is 264 g/mol. The van der Waals surface area contributed by atoms with E-state index in [-0.39, 0.29) is 0 Å². The second kappa shape index (κ2) is 5.81. The number of halogens is 1. The molecule has 0 aliphatic rings. The van der Waals surface area contributed by atoms with E-state index in [9.17, 15) is 0 Å². The van der Waals surface area contributed by atoms with E-state index < -0.39 is 0 Å². The summed E-state index contributed by atoms with van der Waals surface area (Å²) in [6, 6.07) is 15.5. The average Bonchev–Trinajstić information content (AvgIpc) is 2.39. The molecular formula is C14H11ClN2S. The van der Waals surface area contributed by atoms with Gasteiger partial charge >= 0.3 is 0 Å². The number of nitrogens with zero attached hydrogens (tertiary/aromatic N) is 1. The van der Waals surface area contributed by atoms with Crippen LogP contribution in [0.3, 0.4) is 0 Å². The second-order valence-corrected chi connectivity index (χ2v) is 4.95. The molecule has 0 bridgehead atoms. The van der Waals surface area contributed by atoms with E-state index >= 15 is 0 Å². The highest BCUT2D eigenvalue weighted by molar-refractivity contribution is 7.98. The summed E-state index contributed by atoms with van der Waals surface area (Å²) >= 11 is 7.68. The molecule has 2 nitrogen and oxygen atoms in total. The topological polar surface area (TPSA) is 35.8 Å².